The molecule has 8 heteroatoms. The SMILES string of the molecule is NC(=NCc1cccc(N2CCOCC2)n1)N1CCN(c2ccc(F)cc2)CC1. The van der Waals surface area contributed by atoms with E-state index >= 15 is 0 Å². The Morgan fingerprint density at radius 2 is 1.69 bits per heavy atom. The van der Waals surface area contributed by atoms with Crippen molar-refractivity contribution in [3.63, 3.8) is 0 Å². The number of halogens is 1. The number of rotatable bonds is 4. The van der Waals surface area contributed by atoms with Crippen molar-refractivity contribution >= 4 is 17.5 Å². The van der Waals surface area contributed by atoms with Gasteiger partial charge in [-0.3, -0.25) is 0 Å². The lowest BCUT2D eigenvalue weighted by Crippen LogP contribution is -2.51. The molecule has 0 radical (unpaired) electrons. The molecule has 2 aromatic rings. The summed E-state index contributed by atoms with van der Waals surface area (Å²) in [5.74, 6) is 1.30. The van der Waals surface area contributed by atoms with Gasteiger partial charge in [0.2, 0.25) is 0 Å². The van der Waals surface area contributed by atoms with E-state index in [1.54, 1.807) is 0 Å². The van der Waals surface area contributed by atoms with Crippen molar-refractivity contribution in [2.45, 2.75) is 6.54 Å². The maximum Gasteiger partial charge on any atom is 0.191 e. The Balaban J connectivity index is 1.32. The zero-order valence-electron chi connectivity index (χ0n) is 16.5. The Hall–Kier alpha value is -2.87. The Morgan fingerprint density at radius 1 is 0.966 bits per heavy atom. The Kier molecular flexibility index (Phi) is 6.09. The van der Waals surface area contributed by atoms with Gasteiger partial charge in [0.15, 0.2) is 5.96 Å². The molecule has 0 bridgehead atoms. The molecule has 0 saturated carbocycles. The number of aliphatic imine (C=N–C) groups is 1. The number of pyridine rings is 1. The van der Waals surface area contributed by atoms with E-state index in [-0.39, 0.29) is 5.82 Å². The van der Waals surface area contributed by atoms with Crippen LogP contribution in [0.2, 0.25) is 0 Å². The average molecular weight is 398 g/mol. The summed E-state index contributed by atoms with van der Waals surface area (Å²) in [4.78, 5) is 15.8. The molecule has 0 unspecified atom stereocenters. The van der Waals surface area contributed by atoms with Crippen molar-refractivity contribution in [2.75, 3.05) is 62.3 Å². The molecule has 2 aliphatic rings. The zero-order valence-corrected chi connectivity index (χ0v) is 16.5. The molecule has 154 valence electrons. The molecule has 2 aliphatic heterocycles. The van der Waals surface area contributed by atoms with Crippen LogP contribution in [0.5, 0.6) is 0 Å². The maximum absolute atomic E-state index is 13.1. The zero-order chi connectivity index (χ0) is 20.1. The van der Waals surface area contributed by atoms with E-state index in [0.29, 0.717) is 12.5 Å². The summed E-state index contributed by atoms with van der Waals surface area (Å²) in [5, 5.41) is 0. The predicted octanol–water partition coefficient (Wildman–Crippen LogP) is 1.69. The van der Waals surface area contributed by atoms with E-state index in [0.717, 1.165) is 69.7 Å². The molecule has 2 saturated heterocycles. The molecule has 0 amide bonds. The van der Waals surface area contributed by atoms with Gasteiger partial charge < -0.3 is 25.2 Å². The minimum atomic E-state index is -0.213. The van der Waals surface area contributed by atoms with E-state index in [9.17, 15) is 4.39 Å². The Labute approximate surface area is 170 Å². The molecule has 2 fully saturated rings. The molecule has 29 heavy (non-hydrogen) atoms. The fourth-order valence-electron chi connectivity index (χ4n) is 3.63. The summed E-state index contributed by atoms with van der Waals surface area (Å²) in [6, 6.07) is 12.6. The first-order valence-electron chi connectivity index (χ1n) is 10.0. The highest BCUT2D eigenvalue weighted by molar-refractivity contribution is 5.78. The Morgan fingerprint density at radius 3 is 2.41 bits per heavy atom. The number of aromatic nitrogens is 1. The highest BCUT2D eigenvalue weighted by Gasteiger charge is 2.19. The molecule has 7 nitrogen and oxygen atoms in total. The van der Waals surface area contributed by atoms with Gasteiger partial charge in [0.25, 0.3) is 0 Å². The summed E-state index contributed by atoms with van der Waals surface area (Å²) in [5.41, 5.74) is 8.17. The molecular weight excluding hydrogens is 371 g/mol. The molecule has 3 heterocycles. The Bertz CT molecular complexity index is 829. The van der Waals surface area contributed by atoms with Crippen LogP contribution >= 0.6 is 0 Å². The number of hydrogen-bond acceptors (Lipinski definition) is 5. The van der Waals surface area contributed by atoms with Crippen LogP contribution in [-0.4, -0.2) is 68.3 Å². The number of nitrogens with two attached hydrogens (primary N) is 1. The molecule has 0 atom stereocenters. The number of morpholine rings is 1. The molecular formula is C21H27FN6O. The summed E-state index contributed by atoms with van der Waals surface area (Å²) in [7, 11) is 0. The number of benzene rings is 1. The number of piperazine rings is 1. The lowest BCUT2D eigenvalue weighted by atomic mass is 10.2. The second kappa shape index (κ2) is 9.09. The number of ether oxygens (including phenoxy) is 1. The lowest BCUT2D eigenvalue weighted by Gasteiger charge is -2.36. The molecule has 1 aromatic heterocycles. The third-order valence-corrected chi connectivity index (χ3v) is 5.33. The number of hydrogen-bond donors (Lipinski definition) is 1. The van der Waals surface area contributed by atoms with Crippen molar-refractivity contribution < 1.29 is 9.13 Å². The van der Waals surface area contributed by atoms with Crippen molar-refractivity contribution in [3.8, 4) is 0 Å². The quantitative estimate of drug-likeness (QED) is 0.624. The van der Waals surface area contributed by atoms with Gasteiger partial charge in [-0.2, -0.15) is 0 Å². The van der Waals surface area contributed by atoms with Gasteiger partial charge in [-0.15, -0.1) is 0 Å². The van der Waals surface area contributed by atoms with Crippen LogP contribution in [0.25, 0.3) is 0 Å². The van der Waals surface area contributed by atoms with Crippen LogP contribution in [0.1, 0.15) is 5.69 Å². The van der Waals surface area contributed by atoms with Gasteiger partial charge in [-0.25, -0.2) is 14.4 Å². The van der Waals surface area contributed by atoms with Gasteiger partial charge in [0, 0.05) is 45.0 Å². The molecule has 0 aliphatic carbocycles. The molecule has 1 aromatic carbocycles. The van der Waals surface area contributed by atoms with Crippen LogP contribution in [0.4, 0.5) is 15.9 Å². The van der Waals surface area contributed by atoms with E-state index in [1.165, 1.54) is 12.1 Å². The first-order chi connectivity index (χ1) is 14.2. The fraction of sp³-hybridized carbons (Fsp3) is 0.429. The third-order valence-electron chi connectivity index (χ3n) is 5.33. The minimum absolute atomic E-state index is 0.213. The van der Waals surface area contributed by atoms with E-state index in [4.69, 9.17) is 15.5 Å². The lowest BCUT2D eigenvalue weighted by molar-refractivity contribution is 0.122. The van der Waals surface area contributed by atoms with Crippen LogP contribution in [0.15, 0.2) is 47.5 Å². The van der Waals surface area contributed by atoms with Crippen molar-refractivity contribution in [2.24, 2.45) is 10.7 Å². The number of guanidine groups is 1. The van der Waals surface area contributed by atoms with Crippen molar-refractivity contribution in [3.05, 3.63) is 54.0 Å². The summed E-state index contributed by atoms with van der Waals surface area (Å²) < 4.78 is 18.5. The molecule has 0 spiro atoms. The monoisotopic (exact) mass is 398 g/mol. The summed E-state index contributed by atoms with van der Waals surface area (Å²) in [6.45, 7) is 6.88. The topological polar surface area (TPSA) is 70.2 Å². The van der Waals surface area contributed by atoms with Crippen LogP contribution < -0.4 is 15.5 Å². The van der Waals surface area contributed by atoms with Gasteiger partial charge in [0.1, 0.15) is 11.6 Å². The number of anilines is 2. The summed E-state index contributed by atoms with van der Waals surface area (Å²) in [6.07, 6.45) is 0. The van der Waals surface area contributed by atoms with Crippen LogP contribution in [0.3, 0.4) is 0 Å². The third kappa shape index (κ3) is 4.95. The summed E-state index contributed by atoms with van der Waals surface area (Å²) >= 11 is 0. The predicted molar refractivity (Wildman–Crippen MR) is 113 cm³/mol. The van der Waals surface area contributed by atoms with Gasteiger partial charge in [-0.05, 0) is 36.4 Å². The second-order valence-electron chi connectivity index (χ2n) is 7.21. The highest BCUT2D eigenvalue weighted by Crippen LogP contribution is 2.17. The van der Waals surface area contributed by atoms with Crippen LogP contribution in [-0.2, 0) is 11.3 Å². The van der Waals surface area contributed by atoms with E-state index in [2.05, 4.69) is 19.7 Å². The standard InChI is InChI=1S/C21H27FN6O/c22-17-4-6-19(7-5-17)26-8-10-28(11-9-26)21(23)24-16-18-2-1-3-20(25-18)27-12-14-29-15-13-27/h1-7H,8-16H2,(H2,23,24). The molecule has 4 rings (SSSR count). The number of nitrogens with zero attached hydrogens (tertiary/aromatic N) is 5. The smallest absolute Gasteiger partial charge is 0.191 e. The molecule has 2 N–H and O–H groups in total. The van der Waals surface area contributed by atoms with Crippen molar-refractivity contribution in [1.82, 2.24) is 9.88 Å². The van der Waals surface area contributed by atoms with Gasteiger partial charge >= 0.3 is 0 Å². The average Bonchev–Trinajstić information content (AvgIpc) is 2.79. The second-order valence-corrected chi connectivity index (χ2v) is 7.21. The highest BCUT2D eigenvalue weighted by atomic mass is 19.1. The van der Waals surface area contributed by atoms with Gasteiger partial charge in [0.05, 0.1) is 25.5 Å². The van der Waals surface area contributed by atoms with Crippen molar-refractivity contribution in [1.29, 1.82) is 0 Å². The first-order valence-corrected chi connectivity index (χ1v) is 10.0. The first kappa shape index (κ1) is 19.4. The fourth-order valence-corrected chi connectivity index (χ4v) is 3.63. The van der Waals surface area contributed by atoms with Gasteiger partial charge in [-0.1, -0.05) is 6.07 Å². The maximum atomic E-state index is 13.1. The van der Waals surface area contributed by atoms with Crippen LogP contribution in [0, 0.1) is 5.82 Å². The van der Waals surface area contributed by atoms with E-state index < -0.39 is 0 Å². The van der Waals surface area contributed by atoms with E-state index in [1.807, 2.05) is 30.3 Å². The largest absolute Gasteiger partial charge is 0.378 e. The normalized spacial score (nSPS) is 18.2. The minimum Gasteiger partial charge on any atom is -0.378 e.